The Labute approximate surface area is 92.6 Å². The van der Waals surface area contributed by atoms with Gasteiger partial charge in [0.25, 0.3) is 0 Å². The third kappa shape index (κ3) is 2.95. The van der Waals surface area contributed by atoms with Crippen molar-refractivity contribution in [1.29, 1.82) is 5.26 Å². The molecule has 1 heterocycles. The zero-order valence-corrected chi connectivity index (χ0v) is 9.45. The molecule has 2 nitrogen and oxygen atoms in total. The number of hydrogen-bond acceptors (Lipinski definition) is 2. The summed E-state index contributed by atoms with van der Waals surface area (Å²) in [6.45, 7) is 0.871. The fraction of sp³-hybridized carbons (Fsp3) is 0.923. The first-order valence-corrected chi connectivity index (χ1v) is 6.41. The molecule has 2 fully saturated rings. The SMILES string of the molecule is N#CC1CCCOC1CC1CCCCC1. The number of rotatable bonds is 2. The van der Waals surface area contributed by atoms with E-state index < -0.39 is 0 Å². The Hall–Kier alpha value is -0.550. The van der Waals surface area contributed by atoms with Gasteiger partial charge in [0.2, 0.25) is 0 Å². The maximum atomic E-state index is 9.06. The van der Waals surface area contributed by atoms with E-state index in [1.54, 1.807) is 0 Å². The van der Waals surface area contributed by atoms with E-state index in [9.17, 15) is 0 Å². The maximum absolute atomic E-state index is 9.06. The second-order valence-corrected chi connectivity index (χ2v) is 5.03. The van der Waals surface area contributed by atoms with Crippen molar-refractivity contribution >= 4 is 0 Å². The van der Waals surface area contributed by atoms with E-state index in [-0.39, 0.29) is 12.0 Å². The van der Waals surface area contributed by atoms with Crippen LogP contribution in [0.25, 0.3) is 0 Å². The fourth-order valence-corrected chi connectivity index (χ4v) is 2.97. The Morgan fingerprint density at radius 1 is 1.07 bits per heavy atom. The fourth-order valence-electron chi connectivity index (χ4n) is 2.97. The van der Waals surface area contributed by atoms with Crippen molar-refractivity contribution < 1.29 is 4.74 Å². The van der Waals surface area contributed by atoms with Crippen LogP contribution in [0.2, 0.25) is 0 Å². The van der Waals surface area contributed by atoms with Crippen LogP contribution < -0.4 is 0 Å². The second kappa shape index (κ2) is 5.51. The first kappa shape index (κ1) is 11.0. The highest BCUT2D eigenvalue weighted by Crippen LogP contribution is 2.32. The molecule has 84 valence electrons. The summed E-state index contributed by atoms with van der Waals surface area (Å²) < 4.78 is 5.76. The molecule has 1 aliphatic carbocycles. The highest BCUT2D eigenvalue weighted by Gasteiger charge is 2.28. The largest absolute Gasteiger partial charge is 0.377 e. The van der Waals surface area contributed by atoms with E-state index in [2.05, 4.69) is 6.07 Å². The number of hydrogen-bond donors (Lipinski definition) is 0. The Morgan fingerprint density at radius 2 is 1.87 bits per heavy atom. The summed E-state index contributed by atoms with van der Waals surface area (Å²) in [7, 11) is 0. The summed E-state index contributed by atoms with van der Waals surface area (Å²) in [6.07, 6.45) is 10.4. The predicted molar refractivity (Wildman–Crippen MR) is 59.3 cm³/mol. The lowest BCUT2D eigenvalue weighted by Crippen LogP contribution is -2.31. The molecule has 2 atom stereocenters. The van der Waals surface area contributed by atoms with Gasteiger partial charge in [-0.05, 0) is 25.2 Å². The average molecular weight is 207 g/mol. The lowest BCUT2D eigenvalue weighted by Gasteiger charge is -2.31. The Balaban J connectivity index is 1.83. The van der Waals surface area contributed by atoms with Gasteiger partial charge in [-0.3, -0.25) is 0 Å². The van der Waals surface area contributed by atoms with E-state index in [1.165, 1.54) is 32.1 Å². The molecular weight excluding hydrogens is 186 g/mol. The lowest BCUT2D eigenvalue weighted by atomic mass is 9.81. The van der Waals surface area contributed by atoms with Gasteiger partial charge in [-0.15, -0.1) is 0 Å². The van der Waals surface area contributed by atoms with Crippen LogP contribution in [0, 0.1) is 23.2 Å². The average Bonchev–Trinajstić information content (AvgIpc) is 2.31. The number of nitriles is 1. The summed E-state index contributed by atoms with van der Waals surface area (Å²) in [5.74, 6) is 0.998. The Kier molecular flexibility index (Phi) is 4.02. The number of nitrogens with zero attached hydrogens (tertiary/aromatic N) is 1. The van der Waals surface area contributed by atoms with Crippen LogP contribution in [0.1, 0.15) is 51.4 Å². The highest BCUT2D eigenvalue weighted by molar-refractivity contribution is 4.92. The van der Waals surface area contributed by atoms with Crippen molar-refractivity contribution in [3.63, 3.8) is 0 Å². The zero-order chi connectivity index (χ0) is 10.5. The van der Waals surface area contributed by atoms with Gasteiger partial charge in [0.15, 0.2) is 0 Å². The van der Waals surface area contributed by atoms with Crippen LogP contribution in [0.5, 0.6) is 0 Å². The molecule has 0 bridgehead atoms. The molecule has 2 unspecified atom stereocenters. The van der Waals surface area contributed by atoms with Crippen molar-refractivity contribution in [3.8, 4) is 6.07 Å². The van der Waals surface area contributed by atoms with Gasteiger partial charge in [-0.2, -0.15) is 5.26 Å². The van der Waals surface area contributed by atoms with E-state index in [0.29, 0.717) is 0 Å². The normalized spacial score (nSPS) is 33.5. The van der Waals surface area contributed by atoms with Crippen LogP contribution in [0.4, 0.5) is 0 Å². The standard InChI is InChI=1S/C13H21NO/c14-10-12-7-4-8-15-13(12)9-11-5-2-1-3-6-11/h11-13H,1-9H2. The number of ether oxygens (including phenoxy) is 1. The molecule has 0 radical (unpaired) electrons. The second-order valence-electron chi connectivity index (χ2n) is 5.03. The van der Waals surface area contributed by atoms with E-state index in [1.807, 2.05) is 0 Å². The molecule has 0 N–H and O–H groups in total. The van der Waals surface area contributed by atoms with Crippen LogP contribution >= 0.6 is 0 Å². The van der Waals surface area contributed by atoms with Gasteiger partial charge >= 0.3 is 0 Å². The van der Waals surface area contributed by atoms with Crippen LogP contribution in [0.3, 0.4) is 0 Å². The zero-order valence-electron chi connectivity index (χ0n) is 9.45. The molecule has 1 saturated heterocycles. The van der Waals surface area contributed by atoms with E-state index in [4.69, 9.17) is 10.00 Å². The quantitative estimate of drug-likeness (QED) is 0.696. The van der Waals surface area contributed by atoms with Crippen molar-refractivity contribution in [2.45, 2.75) is 57.5 Å². The summed E-state index contributed by atoms with van der Waals surface area (Å²) in [4.78, 5) is 0. The maximum Gasteiger partial charge on any atom is 0.0735 e. The monoisotopic (exact) mass is 207 g/mol. The van der Waals surface area contributed by atoms with Gasteiger partial charge in [0.1, 0.15) is 0 Å². The van der Waals surface area contributed by atoms with Crippen molar-refractivity contribution in [3.05, 3.63) is 0 Å². The summed E-state index contributed by atoms with van der Waals surface area (Å²) in [5.41, 5.74) is 0. The molecule has 0 aromatic heterocycles. The molecule has 2 heteroatoms. The van der Waals surface area contributed by atoms with Crippen molar-refractivity contribution in [2.24, 2.45) is 11.8 Å². The summed E-state index contributed by atoms with van der Waals surface area (Å²) in [5, 5.41) is 9.06. The predicted octanol–water partition coefficient (Wildman–Crippen LogP) is 3.28. The van der Waals surface area contributed by atoms with Gasteiger partial charge < -0.3 is 4.74 Å². The summed E-state index contributed by atoms with van der Waals surface area (Å²) in [6, 6.07) is 2.42. The molecule has 2 aliphatic rings. The molecule has 2 rings (SSSR count). The molecular formula is C13H21NO. The van der Waals surface area contributed by atoms with Crippen LogP contribution in [-0.4, -0.2) is 12.7 Å². The minimum absolute atomic E-state index is 0.167. The first-order chi connectivity index (χ1) is 7.40. The van der Waals surface area contributed by atoms with Gasteiger partial charge in [0.05, 0.1) is 18.1 Å². The third-order valence-corrected chi connectivity index (χ3v) is 3.90. The summed E-state index contributed by atoms with van der Waals surface area (Å²) >= 11 is 0. The molecule has 1 aliphatic heterocycles. The van der Waals surface area contributed by atoms with Crippen LogP contribution in [-0.2, 0) is 4.74 Å². The molecule has 0 aromatic carbocycles. The molecule has 0 amide bonds. The van der Waals surface area contributed by atoms with E-state index in [0.717, 1.165) is 31.8 Å². The van der Waals surface area contributed by atoms with Crippen molar-refractivity contribution in [1.82, 2.24) is 0 Å². The smallest absolute Gasteiger partial charge is 0.0735 e. The van der Waals surface area contributed by atoms with Gasteiger partial charge in [-0.1, -0.05) is 32.1 Å². The Bertz CT molecular complexity index is 227. The minimum Gasteiger partial charge on any atom is -0.377 e. The molecule has 15 heavy (non-hydrogen) atoms. The first-order valence-electron chi connectivity index (χ1n) is 6.41. The van der Waals surface area contributed by atoms with E-state index >= 15 is 0 Å². The van der Waals surface area contributed by atoms with Crippen LogP contribution in [0.15, 0.2) is 0 Å². The molecule has 1 saturated carbocycles. The molecule has 0 spiro atoms. The lowest BCUT2D eigenvalue weighted by molar-refractivity contribution is -0.0249. The minimum atomic E-state index is 0.167. The Morgan fingerprint density at radius 3 is 2.60 bits per heavy atom. The molecule has 0 aromatic rings. The van der Waals surface area contributed by atoms with Gasteiger partial charge in [-0.25, -0.2) is 0 Å². The van der Waals surface area contributed by atoms with Gasteiger partial charge in [0, 0.05) is 6.61 Å². The third-order valence-electron chi connectivity index (χ3n) is 3.90. The van der Waals surface area contributed by atoms with Crippen molar-refractivity contribution in [2.75, 3.05) is 6.61 Å². The highest BCUT2D eigenvalue weighted by atomic mass is 16.5. The topological polar surface area (TPSA) is 33.0 Å².